The predicted octanol–water partition coefficient (Wildman–Crippen LogP) is 3.53. The first-order valence-corrected chi connectivity index (χ1v) is 8.26. The van der Waals surface area contributed by atoms with Crippen LogP contribution in [0.2, 0.25) is 0 Å². The summed E-state index contributed by atoms with van der Waals surface area (Å²) in [5.41, 5.74) is 2.00. The Morgan fingerprint density at radius 1 is 1.08 bits per heavy atom. The van der Waals surface area contributed by atoms with Crippen molar-refractivity contribution in [2.24, 2.45) is 11.3 Å². The summed E-state index contributed by atoms with van der Waals surface area (Å²) >= 11 is 0. The quantitative estimate of drug-likeness (QED) is 0.810. The maximum absolute atomic E-state index is 12.3. The lowest BCUT2D eigenvalue weighted by Crippen LogP contribution is -2.25. The Balaban J connectivity index is 1.79. The van der Waals surface area contributed by atoms with Crippen LogP contribution in [0, 0.1) is 11.3 Å². The first-order valence-electron chi connectivity index (χ1n) is 8.26. The van der Waals surface area contributed by atoms with Crippen molar-refractivity contribution in [1.29, 1.82) is 0 Å². The molecule has 2 fully saturated rings. The van der Waals surface area contributed by atoms with E-state index in [-0.39, 0.29) is 29.4 Å². The van der Waals surface area contributed by atoms with Gasteiger partial charge in [0.2, 0.25) is 0 Å². The van der Waals surface area contributed by atoms with E-state index in [1.165, 1.54) is 12.7 Å². The number of esters is 1. The van der Waals surface area contributed by atoms with Crippen LogP contribution in [0.15, 0.2) is 60.7 Å². The van der Waals surface area contributed by atoms with Crippen LogP contribution in [0.4, 0.5) is 0 Å². The predicted molar refractivity (Wildman–Crippen MR) is 89.8 cm³/mol. The van der Waals surface area contributed by atoms with Gasteiger partial charge in [0.15, 0.2) is 0 Å². The third-order valence-corrected chi connectivity index (χ3v) is 5.38. The molecule has 4 nitrogen and oxygen atoms in total. The SMILES string of the molecule is COC(=O)C1CC12C(c1ccccc1)ON(C)C2c1ccccc1. The summed E-state index contributed by atoms with van der Waals surface area (Å²) in [7, 11) is 3.41. The molecular weight excluding hydrogens is 302 g/mol. The lowest BCUT2D eigenvalue weighted by atomic mass is 9.81. The minimum atomic E-state index is -0.273. The summed E-state index contributed by atoms with van der Waals surface area (Å²) in [5, 5.41) is 1.91. The maximum atomic E-state index is 12.3. The molecule has 0 N–H and O–H groups in total. The first-order chi connectivity index (χ1) is 11.7. The number of hydroxylamine groups is 2. The Hall–Kier alpha value is -2.17. The molecule has 1 aliphatic carbocycles. The van der Waals surface area contributed by atoms with E-state index in [1.807, 2.05) is 48.5 Å². The number of nitrogens with zero attached hydrogens (tertiary/aromatic N) is 1. The summed E-state index contributed by atoms with van der Waals surface area (Å²) in [6, 6.07) is 20.5. The van der Waals surface area contributed by atoms with Crippen LogP contribution in [0.1, 0.15) is 29.7 Å². The largest absolute Gasteiger partial charge is 0.469 e. The minimum Gasteiger partial charge on any atom is -0.469 e. The number of ether oxygens (including phenoxy) is 1. The fourth-order valence-electron chi connectivity index (χ4n) is 4.29. The van der Waals surface area contributed by atoms with Gasteiger partial charge in [-0.15, -0.1) is 0 Å². The van der Waals surface area contributed by atoms with Gasteiger partial charge in [0.05, 0.1) is 19.1 Å². The van der Waals surface area contributed by atoms with Crippen LogP contribution in [-0.2, 0) is 14.4 Å². The van der Waals surface area contributed by atoms with E-state index in [9.17, 15) is 4.79 Å². The molecule has 1 spiro atoms. The Morgan fingerprint density at radius 2 is 1.67 bits per heavy atom. The van der Waals surface area contributed by atoms with E-state index in [1.54, 1.807) is 0 Å². The van der Waals surface area contributed by atoms with Crippen LogP contribution < -0.4 is 0 Å². The molecule has 4 heteroatoms. The Morgan fingerprint density at radius 3 is 2.25 bits per heavy atom. The summed E-state index contributed by atoms with van der Waals surface area (Å²) in [5.74, 6) is -0.279. The van der Waals surface area contributed by atoms with Crippen molar-refractivity contribution in [3.8, 4) is 0 Å². The molecule has 0 bridgehead atoms. The van der Waals surface area contributed by atoms with Crippen molar-refractivity contribution in [2.75, 3.05) is 14.2 Å². The van der Waals surface area contributed by atoms with Gasteiger partial charge >= 0.3 is 5.97 Å². The van der Waals surface area contributed by atoms with Gasteiger partial charge < -0.3 is 4.74 Å². The highest BCUT2D eigenvalue weighted by molar-refractivity contribution is 5.77. The molecule has 1 aliphatic heterocycles. The number of methoxy groups -OCH3 is 1. The molecule has 0 amide bonds. The molecule has 2 aromatic rings. The van der Waals surface area contributed by atoms with E-state index in [4.69, 9.17) is 9.57 Å². The zero-order valence-electron chi connectivity index (χ0n) is 13.9. The number of carbonyl (C=O) groups is 1. The van der Waals surface area contributed by atoms with Crippen molar-refractivity contribution in [1.82, 2.24) is 5.06 Å². The van der Waals surface area contributed by atoms with Gasteiger partial charge in [-0.1, -0.05) is 60.7 Å². The summed E-state index contributed by atoms with van der Waals surface area (Å²) < 4.78 is 5.05. The lowest BCUT2D eigenvalue weighted by Gasteiger charge is -2.24. The summed E-state index contributed by atoms with van der Waals surface area (Å²) in [4.78, 5) is 18.5. The highest BCUT2D eigenvalue weighted by Gasteiger charge is 2.72. The topological polar surface area (TPSA) is 38.8 Å². The summed E-state index contributed by atoms with van der Waals surface area (Å²) in [6.07, 6.45) is 0.640. The first kappa shape index (κ1) is 15.4. The van der Waals surface area contributed by atoms with Crippen LogP contribution in [0.5, 0.6) is 0 Å². The van der Waals surface area contributed by atoms with Gasteiger partial charge in [-0.05, 0) is 17.5 Å². The molecule has 2 aromatic carbocycles. The highest BCUT2D eigenvalue weighted by Crippen LogP contribution is 2.72. The van der Waals surface area contributed by atoms with Crippen molar-refractivity contribution in [2.45, 2.75) is 18.6 Å². The monoisotopic (exact) mass is 323 g/mol. The number of hydrogen-bond acceptors (Lipinski definition) is 4. The van der Waals surface area contributed by atoms with Crippen LogP contribution in [0.25, 0.3) is 0 Å². The number of rotatable bonds is 3. The summed E-state index contributed by atoms with van der Waals surface area (Å²) in [6.45, 7) is 0. The Kier molecular flexibility index (Phi) is 3.66. The van der Waals surface area contributed by atoms with E-state index >= 15 is 0 Å². The minimum absolute atomic E-state index is 0.0352. The second kappa shape index (κ2) is 5.72. The fraction of sp³-hybridized carbons (Fsp3) is 0.350. The number of carbonyl (C=O) groups excluding carboxylic acids is 1. The standard InChI is InChI=1S/C20H21NO3/c1-21-17(14-9-5-3-6-10-14)20(13-16(20)19(22)23-2)18(24-21)15-11-7-4-8-12-15/h3-12,16-18H,13H2,1-2H3. The van der Waals surface area contributed by atoms with E-state index in [0.717, 1.165) is 12.0 Å². The molecule has 124 valence electrons. The molecule has 4 unspecified atom stereocenters. The number of hydrogen-bond donors (Lipinski definition) is 0. The molecular formula is C20H21NO3. The molecule has 24 heavy (non-hydrogen) atoms. The molecule has 0 aromatic heterocycles. The van der Waals surface area contributed by atoms with Crippen molar-refractivity contribution >= 4 is 5.97 Å². The van der Waals surface area contributed by atoms with Gasteiger partial charge in [-0.2, -0.15) is 5.06 Å². The average Bonchev–Trinajstić information content (AvgIpc) is 3.28. The zero-order chi connectivity index (χ0) is 16.7. The molecule has 2 aliphatic rings. The fourth-order valence-corrected chi connectivity index (χ4v) is 4.29. The zero-order valence-corrected chi connectivity index (χ0v) is 13.9. The average molecular weight is 323 g/mol. The normalized spacial score (nSPS) is 32.0. The van der Waals surface area contributed by atoms with Gasteiger partial charge in [-0.25, -0.2) is 0 Å². The smallest absolute Gasteiger partial charge is 0.309 e. The van der Waals surface area contributed by atoms with Crippen LogP contribution >= 0.6 is 0 Å². The van der Waals surface area contributed by atoms with E-state index in [2.05, 4.69) is 24.3 Å². The van der Waals surface area contributed by atoms with E-state index in [0.29, 0.717) is 0 Å². The third-order valence-electron chi connectivity index (χ3n) is 5.38. The molecule has 4 rings (SSSR count). The third kappa shape index (κ3) is 2.18. The molecule has 1 heterocycles. The van der Waals surface area contributed by atoms with Crippen molar-refractivity contribution in [3.05, 3.63) is 71.8 Å². The van der Waals surface area contributed by atoms with Crippen molar-refractivity contribution in [3.63, 3.8) is 0 Å². The lowest BCUT2D eigenvalue weighted by molar-refractivity contribution is -0.148. The number of benzene rings is 2. The van der Waals surface area contributed by atoms with E-state index < -0.39 is 0 Å². The van der Waals surface area contributed by atoms with Gasteiger partial charge in [0, 0.05) is 12.5 Å². The van der Waals surface area contributed by atoms with Crippen LogP contribution in [-0.4, -0.2) is 25.2 Å². The Labute approximate surface area is 141 Å². The molecule has 1 saturated carbocycles. The van der Waals surface area contributed by atoms with Gasteiger partial charge in [0.1, 0.15) is 6.10 Å². The molecule has 0 radical (unpaired) electrons. The highest BCUT2D eigenvalue weighted by atomic mass is 16.7. The Bertz CT molecular complexity index is 733. The van der Waals surface area contributed by atoms with Crippen LogP contribution in [0.3, 0.4) is 0 Å². The maximum Gasteiger partial charge on any atom is 0.309 e. The second-order valence-corrected chi connectivity index (χ2v) is 6.65. The molecule has 1 saturated heterocycles. The molecule has 4 atom stereocenters. The van der Waals surface area contributed by atoms with Gasteiger partial charge in [-0.3, -0.25) is 9.63 Å². The van der Waals surface area contributed by atoms with Gasteiger partial charge in [0.25, 0.3) is 0 Å². The second-order valence-electron chi connectivity index (χ2n) is 6.65. The van der Waals surface area contributed by atoms with Crippen molar-refractivity contribution < 1.29 is 14.4 Å².